The molecule has 2 N–H and O–H groups in total. The molecule has 1 atom stereocenters. The summed E-state index contributed by atoms with van der Waals surface area (Å²) in [7, 11) is -0.690. The smallest absolute Gasteiger partial charge is 0.191 e. The SMILES string of the molecule is CCNC(=NCCN1CCCN(C)CC1)NC1CCS(=O)(=O)C1. The van der Waals surface area contributed by atoms with Crippen molar-refractivity contribution in [3.8, 4) is 0 Å². The van der Waals surface area contributed by atoms with E-state index in [9.17, 15) is 8.42 Å². The first-order valence-electron chi connectivity index (χ1n) is 8.64. The van der Waals surface area contributed by atoms with E-state index in [1.807, 2.05) is 6.92 Å². The molecule has 7 nitrogen and oxygen atoms in total. The molecule has 2 aliphatic rings. The topological polar surface area (TPSA) is 77.0 Å². The fourth-order valence-corrected chi connectivity index (χ4v) is 4.72. The number of likely N-dealkylation sites (N-methyl/N-ethyl adjacent to an activating group) is 1. The Kier molecular flexibility index (Phi) is 7.10. The predicted molar refractivity (Wildman–Crippen MR) is 94.7 cm³/mol. The number of nitrogens with one attached hydrogen (secondary N) is 2. The lowest BCUT2D eigenvalue weighted by Crippen LogP contribution is -2.44. The molecule has 1 unspecified atom stereocenters. The number of hydrogen-bond donors (Lipinski definition) is 2. The van der Waals surface area contributed by atoms with Gasteiger partial charge in [-0.15, -0.1) is 0 Å². The van der Waals surface area contributed by atoms with Crippen LogP contribution in [0.15, 0.2) is 4.99 Å². The first kappa shape index (κ1) is 18.5. The number of sulfone groups is 1. The molecule has 0 aromatic heterocycles. The minimum atomic E-state index is -2.86. The number of nitrogens with zero attached hydrogens (tertiary/aromatic N) is 3. The highest BCUT2D eigenvalue weighted by Gasteiger charge is 2.28. The average molecular weight is 346 g/mol. The van der Waals surface area contributed by atoms with Crippen LogP contribution in [0.3, 0.4) is 0 Å². The molecule has 8 heteroatoms. The van der Waals surface area contributed by atoms with Gasteiger partial charge >= 0.3 is 0 Å². The average Bonchev–Trinajstić information content (AvgIpc) is 2.69. The molecule has 0 radical (unpaired) electrons. The van der Waals surface area contributed by atoms with Crippen molar-refractivity contribution < 1.29 is 8.42 Å². The molecule has 0 aliphatic carbocycles. The van der Waals surface area contributed by atoms with Gasteiger partial charge in [0, 0.05) is 32.2 Å². The second-order valence-corrected chi connectivity index (χ2v) is 8.73. The van der Waals surface area contributed by atoms with Gasteiger partial charge in [0.2, 0.25) is 0 Å². The van der Waals surface area contributed by atoms with E-state index in [1.54, 1.807) is 0 Å². The maximum Gasteiger partial charge on any atom is 0.191 e. The number of guanidine groups is 1. The minimum Gasteiger partial charge on any atom is -0.357 e. The molecule has 2 heterocycles. The lowest BCUT2D eigenvalue weighted by molar-refractivity contribution is 0.283. The van der Waals surface area contributed by atoms with E-state index in [0.717, 1.165) is 45.2 Å². The Morgan fingerprint density at radius 1 is 1.26 bits per heavy atom. The zero-order chi connectivity index (χ0) is 16.7. The molecule has 0 aromatic rings. The molecule has 0 aromatic carbocycles. The Morgan fingerprint density at radius 3 is 2.78 bits per heavy atom. The first-order chi connectivity index (χ1) is 11.0. The van der Waals surface area contributed by atoms with Crippen LogP contribution < -0.4 is 10.6 Å². The van der Waals surface area contributed by atoms with E-state index in [2.05, 4.69) is 32.5 Å². The maximum absolute atomic E-state index is 11.5. The standard InChI is InChI=1S/C15H31N5O2S/c1-3-16-15(18-14-5-12-23(21,22)13-14)17-6-9-20-8-4-7-19(2)10-11-20/h14H,3-13H2,1-2H3,(H2,16,17,18). The summed E-state index contributed by atoms with van der Waals surface area (Å²) in [6.45, 7) is 8.99. The van der Waals surface area contributed by atoms with Gasteiger partial charge in [-0.25, -0.2) is 8.42 Å². The molecule has 134 valence electrons. The van der Waals surface area contributed by atoms with E-state index < -0.39 is 9.84 Å². The second kappa shape index (κ2) is 8.84. The molecule has 2 saturated heterocycles. The van der Waals surface area contributed by atoms with Crippen molar-refractivity contribution in [1.82, 2.24) is 20.4 Å². The third-order valence-corrected chi connectivity index (χ3v) is 6.18. The van der Waals surface area contributed by atoms with Gasteiger partial charge in [-0.05, 0) is 39.9 Å². The van der Waals surface area contributed by atoms with Crippen LogP contribution in [0, 0.1) is 0 Å². The van der Waals surface area contributed by atoms with E-state index in [1.165, 1.54) is 13.0 Å². The summed E-state index contributed by atoms with van der Waals surface area (Å²) in [6, 6.07) is -0.00960. The molecule has 0 saturated carbocycles. The highest BCUT2D eigenvalue weighted by atomic mass is 32.2. The van der Waals surface area contributed by atoms with Gasteiger partial charge in [-0.2, -0.15) is 0 Å². The fourth-order valence-electron chi connectivity index (χ4n) is 3.05. The Labute approximate surface area is 140 Å². The lowest BCUT2D eigenvalue weighted by atomic mass is 10.3. The summed E-state index contributed by atoms with van der Waals surface area (Å²) in [4.78, 5) is 9.44. The van der Waals surface area contributed by atoms with Crippen LogP contribution >= 0.6 is 0 Å². The fraction of sp³-hybridized carbons (Fsp3) is 0.933. The van der Waals surface area contributed by atoms with E-state index >= 15 is 0 Å². The molecular weight excluding hydrogens is 314 g/mol. The number of aliphatic imine (C=N–C) groups is 1. The highest BCUT2D eigenvalue weighted by Crippen LogP contribution is 2.11. The summed E-state index contributed by atoms with van der Waals surface area (Å²) >= 11 is 0. The van der Waals surface area contributed by atoms with Crippen molar-refractivity contribution in [2.24, 2.45) is 4.99 Å². The van der Waals surface area contributed by atoms with E-state index in [-0.39, 0.29) is 17.5 Å². The molecule has 0 bridgehead atoms. The largest absolute Gasteiger partial charge is 0.357 e. The second-order valence-electron chi connectivity index (χ2n) is 6.50. The molecule has 2 rings (SSSR count). The number of rotatable bonds is 5. The van der Waals surface area contributed by atoms with Gasteiger partial charge in [0.05, 0.1) is 18.1 Å². The van der Waals surface area contributed by atoms with Crippen molar-refractivity contribution in [2.75, 3.05) is 64.4 Å². The molecule has 2 fully saturated rings. The van der Waals surface area contributed by atoms with Gasteiger partial charge in [-0.3, -0.25) is 4.99 Å². The van der Waals surface area contributed by atoms with Gasteiger partial charge < -0.3 is 20.4 Å². The van der Waals surface area contributed by atoms with Crippen molar-refractivity contribution in [3.63, 3.8) is 0 Å². The lowest BCUT2D eigenvalue weighted by Gasteiger charge is -2.20. The van der Waals surface area contributed by atoms with E-state index in [4.69, 9.17) is 0 Å². The quantitative estimate of drug-likeness (QED) is 0.510. The summed E-state index contributed by atoms with van der Waals surface area (Å²) in [6.07, 6.45) is 1.88. The van der Waals surface area contributed by atoms with Crippen LogP contribution in [0.1, 0.15) is 19.8 Å². The molecule has 23 heavy (non-hydrogen) atoms. The first-order valence-corrected chi connectivity index (χ1v) is 10.5. The zero-order valence-corrected chi connectivity index (χ0v) is 15.2. The van der Waals surface area contributed by atoms with Crippen LogP contribution in [0.4, 0.5) is 0 Å². The monoisotopic (exact) mass is 345 g/mol. The Morgan fingerprint density at radius 2 is 2.09 bits per heavy atom. The normalized spacial score (nSPS) is 26.9. The molecule has 2 aliphatic heterocycles. The van der Waals surface area contributed by atoms with Crippen LogP contribution in [0.5, 0.6) is 0 Å². The third kappa shape index (κ3) is 6.64. The Bertz CT molecular complexity index is 494. The van der Waals surface area contributed by atoms with Crippen molar-refractivity contribution in [3.05, 3.63) is 0 Å². The molecular formula is C15H31N5O2S. The third-order valence-electron chi connectivity index (χ3n) is 4.42. The van der Waals surface area contributed by atoms with E-state index in [0.29, 0.717) is 6.42 Å². The zero-order valence-electron chi connectivity index (χ0n) is 14.4. The predicted octanol–water partition coefficient (Wildman–Crippen LogP) is -0.634. The number of hydrogen-bond acceptors (Lipinski definition) is 5. The highest BCUT2D eigenvalue weighted by molar-refractivity contribution is 7.91. The minimum absolute atomic E-state index is 0.00960. The van der Waals surface area contributed by atoms with Crippen molar-refractivity contribution in [1.29, 1.82) is 0 Å². The van der Waals surface area contributed by atoms with Gasteiger partial charge in [0.25, 0.3) is 0 Å². The van der Waals surface area contributed by atoms with Crippen molar-refractivity contribution in [2.45, 2.75) is 25.8 Å². The van der Waals surface area contributed by atoms with Crippen LogP contribution in [-0.4, -0.2) is 94.6 Å². The Balaban J connectivity index is 1.79. The van der Waals surface area contributed by atoms with Gasteiger partial charge in [-0.1, -0.05) is 0 Å². The van der Waals surface area contributed by atoms with Crippen LogP contribution in [0.2, 0.25) is 0 Å². The van der Waals surface area contributed by atoms with Crippen LogP contribution in [0.25, 0.3) is 0 Å². The van der Waals surface area contributed by atoms with Gasteiger partial charge in [0.1, 0.15) is 0 Å². The Hall–Kier alpha value is -0.860. The molecule has 0 spiro atoms. The summed E-state index contributed by atoms with van der Waals surface area (Å²) in [5.41, 5.74) is 0. The van der Waals surface area contributed by atoms with Crippen LogP contribution in [-0.2, 0) is 9.84 Å². The molecule has 0 amide bonds. The summed E-state index contributed by atoms with van der Waals surface area (Å²) < 4.78 is 23.1. The van der Waals surface area contributed by atoms with Gasteiger partial charge in [0.15, 0.2) is 15.8 Å². The van der Waals surface area contributed by atoms with Crippen molar-refractivity contribution >= 4 is 15.8 Å². The maximum atomic E-state index is 11.5. The summed E-state index contributed by atoms with van der Waals surface area (Å²) in [5.74, 6) is 1.24. The summed E-state index contributed by atoms with van der Waals surface area (Å²) in [5, 5.41) is 6.47.